The summed E-state index contributed by atoms with van der Waals surface area (Å²) in [4.78, 5) is 21.1. The average Bonchev–Trinajstić information content (AvgIpc) is 3.24. The number of hydrogen-bond donors (Lipinski definition) is 1. The number of carbonyl (C=O) groups is 1. The summed E-state index contributed by atoms with van der Waals surface area (Å²) in [6.07, 6.45) is 1.17. The van der Waals surface area contributed by atoms with Crippen LogP contribution in [-0.2, 0) is 11.2 Å². The summed E-state index contributed by atoms with van der Waals surface area (Å²) in [6.45, 7) is 0. The number of thiophene rings is 1. The number of carboxylic acids is 1. The second-order valence-corrected chi connectivity index (χ2v) is 6.39. The molecule has 0 aliphatic carbocycles. The summed E-state index contributed by atoms with van der Waals surface area (Å²) in [5, 5.41) is 16.4. The van der Waals surface area contributed by atoms with Crippen molar-refractivity contribution in [3.63, 3.8) is 0 Å². The van der Waals surface area contributed by atoms with Gasteiger partial charge in [-0.25, -0.2) is 9.97 Å². The predicted molar refractivity (Wildman–Crippen MR) is 92.2 cm³/mol. The number of rotatable bonds is 5. The fourth-order valence-electron chi connectivity index (χ4n) is 2.68. The first-order valence-electron chi connectivity index (χ1n) is 7.62. The highest BCUT2D eigenvalue weighted by molar-refractivity contribution is 7.13. The normalized spacial score (nSPS) is 11.3. The lowest BCUT2D eigenvalue weighted by Gasteiger charge is -2.05. The van der Waals surface area contributed by atoms with E-state index in [0.29, 0.717) is 18.7 Å². The molecule has 4 rings (SSSR count). The number of nitrogens with zero attached hydrogens (tertiary/aromatic N) is 4. The van der Waals surface area contributed by atoms with Gasteiger partial charge in [-0.05, 0) is 30.0 Å². The van der Waals surface area contributed by atoms with Crippen molar-refractivity contribution in [1.29, 1.82) is 0 Å². The first-order chi connectivity index (χ1) is 11.7. The first-order valence-corrected chi connectivity index (χ1v) is 8.50. The smallest absolute Gasteiger partial charge is 0.303 e. The molecule has 3 heterocycles. The molecule has 0 bridgehead atoms. The van der Waals surface area contributed by atoms with Crippen LogP contribution in [0.15, 0.2) is 41.8 Å². The number of carboxylic acid groups (broad SMARTS) is 1. The molecule has 0 radical (unpaired) electrons. The van der Waals surface area contributed by atoms with Crippen LogP contribution in [0.3, 0.4) is 0 Å². The van der Waals surface area contributed by atoms with Gasteiger partial charge in [0.15, 0.2) is 11.5 Å². The molecule has 0 unspecified atom stereocenters. The number of para-hydroxylation sites is 1. The van der Waals surface area contributed by atoms with Gasteiger partial charge in [-0.15, -0.1) is 16.4 Å². The van der Waals surface area contributed by atoms with Crippen molar-refractivity contribution in [2.24, 2.45) is 0 Å². The molecule has 24 heavy (non-hydrogen) atoms. The van der Waals surface area contributed by atoms with E-state index in [1.54, 1.807) is 15.9 Å². The van der Waals surface area contributed by atoms with Crippen molar-refractivity contribution in [2.45, 2.75) is 19.3 Å². The Hall–Kier alpha value is -2.80. The van der Waals surface area contributed by atoms with Crippen molar-refractivity contribution in [1.82, 2.24) is 19.6 Å². The Labute approximate surface area is 141 Å². The van der Waals surface area contributed by atoms with Crippen LogP contribution in [0.4, 0.5) is 0 Å². The van der Waals surface area contributed by atoms with Gasteiger partial charge in [-0.1, -0.05) is 18.2 Å². The van der Waals surface area contributed by atoms with E-state index in [1.807, 2.05) is 41.8 Å². The zero-order chi connectivity index (χ0) is 16.5. The maximum Gasteiger partial charge on any atom is 0.303 e. The summed E-state index contributed by atoms with van der Waals surface area (Å²) in [6, 6.07) is 11.8. The van der Waals surface area contributed by atoms with E-state index in [1.165, 1.54) is 0 Å². The van der Waals surface area contributed by atoms with Crippen LogP contribution in [-0.4, -0.2) is 30.7 Å². The van der Waals surface area contributed by atoms with Crippen LogP contribution in [0.25, 0.3) is 27.3 Å². The summed E-state index contributed by atoms with van der Waals surface area (Å²) >= 11 is 1.59. The molecule has 0 fully saturated rings. The van der Waals surface area contributed by atoms with Gasteiger partial charge >= 0.3 is 5.97 Å². The molecule has 0 aliphatic heterocycles. The quantitative estimate of drug-likeness (QED) is 0.603. The van der Waals surface area contributed by atoms with Gasteiger partial charge in [-0.3, -0.25) is 4.79 Å². The van der Waals surface area contributed by atoms with Gasteiger partial charge in [0, 0.05) is 18.2 Å². The third-order valence-corrected chi connectivity index (χ3v) is 4.64. The van der Waals surface area contributed by atoms with Crippen molar-refractivity contribution in [3.8, 4) is 10.7 Å². The second kappa shape index (κ2) is 6.01. The van der Waals surface area contributed by atoms with E-state index in [2.05, 4.69) is 10.1 Å². The van der Waals surface area contributed by atoms with Gasteiger partial charge in [0.1, 0.15) is 5.82 Å². The molecule has 0 amide bonds. The molecular weight excluding hydrogens is 324 g/mol. The van der Waals surface area contributed by atoms with Gasteiger partial charge < -0.3 is 5.11 Å². The van der Waals surface area contributed by atoms with Crippen molar-refractivity contribution in [3.05, 3.63) is 47.6 Å². The maximum absolute atomic E-state index is 10.8. The van der Waals surface area contributed by atoms with Crippen LogP contribution in [0, 0.1) is 0 Å². The summed E-state index contributed by atoms with van der Waals surface area (Å²) in [5.74, 6) is 0.604. The predicted octanol–water partition coefficient (Wildman–Crippen LogP) is 3.41. The van der Waals surface area contributed by atoms with Gasteiger partial charge in [0.25, 0.3) is 0 Å². The minimum absolute atomic E-state index is 0.114. The third kappa shape index (κ3) is 2.63. The SMILES string of the molecule is O=C(O)CCCc1nc2ccccc2c2nc(-c3cccs3)nn12. The lowest BCUT2D eigenvalue weighted by molar-refractivity contribution is -0.137. The van der Waals surface area contributed by atoms with Gasteiger partial charge in [0.2, 0.25) is 0 Å². The zero-order valence-corrected chi connectivity index (χ0v) is 13.5. The molecule has 3 aromatic heterocycles. The Morgan fingerprint density at radius 3 is 2.83 bits per heavy atom. The number of hydrogen-bond acceptors (Lipinski definition) is 5. The average molecular weight is 338 g/mol. The number of aryl methyl sites for hydroxylation is 1. The summed E-state index contributed by atoms with van der Waals surface area (Å²) in [7, 11) is 0. The van der Waals surface area contributed by atoms with E-state index in [4.69, 9.17) is 10.1 Å². The summed E-state index contributed by atoms with van der Waals surface area (Å²) < 4.78 is 1.75. The molecule has 0 aliphatic rings. The molecule has 120 valence electrons. The molecular formula is C17H14N4O2S. The fourth-order valence-corrected chi connectivity index (χ4v) is 3.34. The molecule has 7 heteroatoms. The summed E-state index contributed by atoms with van der Waals surface area (Å²) in [5.41, 5.74) is 1.61. The first kappa shape index (κ1) is 14.8. The molecule has 0 saturated carbocycles. The van der Waals surface area contributed by atoms with E-state index in [9.17, 15) is 4.79 Å². The van der Waals surface area contributed by atoms with Crippen LogP contribution in [0.2, 0.25) is 0 Å². The van der Waals surface area contributed by atoms with Crippen LogP contribution >= 0.6 is 11.3 Å². The fraction of sp³-hybridized carbons (Fsp3) is 0.176. The molecule has 1 aromatic carbocycles. The van der Waals surface area contributed by atoms with Crippen LogP contribution in [0.5, 0.6) is 0 Å². The number of aliphatic carboxylic acids is 1. The molecule has 0 saturated heterocycles. The minimum Gasteiger partial charge on any atom is -0.481 e. The Balaban J connectivity index is 1.87. The second-order valence-electron chi connectivity index (χ2n) is 5.44. The van der Waals surface area contributed by atoms with Crippen LogP contribution < -0.4 is 0 Å². The Bertz CT molecular complexity index is 1020. The largest absolute Gasteiger partial charge is 0.481 e. The molecule has 0 atom stereocenters. The number of aromatic nitrogens is 4. The zero-order valence-electron chi connectivity index (χ0n) is 12.7. The van der Waals surface area contributed by atoms with Crippen molar-refractivity contribution < 1.29 is 9.90 Å². The van der Waals surface area contributed by atoms with E-state index in [-0.39, 0.29) is 6.42 Å². The van der Waals surface area contributed by atoms with Crippen molar-refractivity contribution >= 4 is 33.9 Å². The highest BCUT2D eigenvalue weighted by Crippen LogP contribution is 2.25. The van der Waals surface area contributed by atoms with E-state index in [0.717, 1.165) is 27.3 Å². The van der Waals surface area contributed by atoms with Crippen LogP contribution in [0.1, 0.15) is 18.7 Å². The Morgan fingerprint density at radius 2 is 2.04 bits per heavy atom. The minimum atomic E-state index is -0.801. The third-order valence-electron chi connectivity index (χ3n) is 3.78. The Morgan fingerprint density at radius 1 is 1.17 bits per heavy atom. The lowest BCUT2D eigenvalue weighted by Crippen LogP contribution is -2.05. The van der Waals surface area contributed by atoms with Gasteiger partial charge in [0.05, 0.1) is 10.4 Å². The lowest BCUT2D eigenvalue weighted by atomic mass is 10.2. The Kier molecular flexibility index (Phi) is 3.70. The molecule has 6 nitrogen and oxygen atoms in total. The van der Waals surface area contributed by atoms with E-state index < -0.39 is 5.97 Å². The number of benzene rings is 1. The highest BCUT2D eigenvalue weighted by Gasteiger charge is 2.15. The molecule has 1 N–H and O–H groups in total. The maximum atomic E-state index is 10.8. The standard InChI is InChI=1S/C17H14N4O2S/c22-15(23)9-3-8-14-18-12-6-2-1-5-11(12)17-19-16(20-21(14)17)13-7-4-10-24-13/h1-2,4-7,10H,3,8-9H2,(H,22,23). The monoisotopic (exact) mass is 338 g/mol. The van der Waals surface area contributed by atoms with E-state index >= 15 is 0 Å². The number of fused-ring (bicyclic) bond motifs is 3. The van der Waals surface area contributed by atoms with Crippen molar-refractivity contribution in [2.75, 3.05) is 0 Å². The highest BCUT2D eigenvalue weighted by atomic mass is 32.1. The molecule has 4 aromatic rings. The van der Waals surface area contributed by atoms with Gasteiger partial charge in [-0.2, -0.15) is 4.52 Å². The topological polar surface area (TPSA) is 80.4 Å². The molecule has 0 spiro atoms.